The molecule has 1 rings (SSSR count). The van der Waals surface area contributed by atoms with Crippen molar-refractivity contribution in [2.24, 2.45) is 5.92 Å². The van der Waals surface area contributed by atoms with E-state index in [1.54, 1.807) is 13.8 Å². The van der Waals surface area contributed by atoms with E-state index in [2.05, 4.69) is 0 Å². The molecule has 0 saturated heterocycles. The summed E-state index contributed by atoms with van der Waals surface area (Å²) in [6.07, 6.45) is 0. The molecular formula is C8H10N2O3S. The van der Waals surface area contributed by atoms with E-state index in [0.29, 0.717) is 4.88 Å². The van der Waals surface area contributed by atoms with Crippen molar-refractivity contribution in [3.8, 4) is 0 Å². The largest absolute Gasteiger partial charge is 0.385 e. The second-order valence-corrected chi connectivity index (χ2v) is 4.22. The highest BCUT2D eigenvalue weighted by atomic mass is 32.1. The fraction of sp³-hybridized carbons (Fsp3) is 0.375. The Kier molecular flexibility index (Phi) is 2.85. The van der Waals surface area contributed by atoms with Gasteiger partial charge in [-0.3, -0.25) is 14.9 Å². The third kappa shape index (κ3) is 1.90. The first-order valence-electron chi connectivity index (χ1n) is 4.01. The van der Waals surface area contributed by atoms with Gasteiger partial charge in [0.1, 0.15) is 0 Å². The highest BCUT2D eigenvalue weighted by Gasteiger charge is 2.21. The number of carbonyl (C=O) groups is 1. The molecule has 1 heterocycles. The summed E-state index contributed by atoms with van der Waals surface area (Å²) in [6.45, 7) is 3.48. The molecule has 2 N–H and O–H groups in total. The van der Waals surface area contributed by atoms with Crippen LogP contribution in [-0.2, 0) is 0 Å². The molecule has 1 aromatic rings. The Morgan fingerprint density at radius 2 is 2.21 bits per heavy atom. The van der Waals surface area contributed by atoms with Crippen LogP contribution < -0.4 is 5.73 Å². The molecule has 5 nitrogen and oxygen atoms in total. The molecule has 6 heteroatoms. The van der Waals surface area contributed by atoms with Crippen LogP contribution in [0, 0.1) is 16.0 Å². The van der Waals surface area contributed by atoms with Crippen molar-refractivity contribution >= 4 is 27.8 Å². The van der Waals surface area contributed by atoms with Crippen molar-refractivity contribution in [1.29, 1.82) is 0 Å². The molecule has 76 valence electrons. The lowest BCUT2D eigenvalue weighted by molar-refractivity contribution is -0.383. The summed E-state index contributed by atoms with van der Waals surface area (Å²) in [5.74, 6) is -0.289. The van der Waals surface area contributed by atoms with Gasteiger partial charge in [0, 0.05) is 12.0 Å². The van der Waals surface area contributed by atoms with Gasteiger partial charge >= 0.3 is 5.69 Å². The Balaban J connectivity index is 3.09. The number of nitro groups is 1. The zero-order valence-electron chi connectivity index (χ0n) is 7.81. The maximum atomic E-state index is 11.5. The molecule has 1 aromatic heterocycles. The summed E-state index contributed by atoms with van der Waals surface area (Å²) in [5, 5.41) is 10.5. The van der Waals surface area contributed by atoms with E-state index in [9.17, 15) is 14.9 Å². The van der Waals surface area contributed by atoms with Crippen molar-refractivity contribution in [2.75, 3.05) is 5.73 Å². The lowest BCUT2D eigenvalue weighted by Crippen LogP contribution is -2.04. The van der Waals surface area contributed by atoms with E-state index in [-0.39, 0.29) is 22.4 Å². The molecule has 0 unspecified atom stereocenters. The molecule has 0 fully saturated rings. The molecule has 0 bridgehead atoms. The molecule has 0 atom stereocenters. The number of rotatable bonds is 3. The number of Topliss-reactive ketones (excluding diaryl/α,β-unsaturated/α-hetero) is 1. The van der Waals surface area contributed by atoms with Crippen molar-refractivity contribution in [2.45, 2.75) is 13.8 Å². The Morgan fingerprint density at radius 1 is 1.64 bits per heavy atom. The Hall–Kier alpha value is -1.43. The molecule has 0 saturated carbocycles. The monoisotopic (exact) mass is 214 g/mol. The second-order valence-electron chi connectivity index (χ2n) is 3.14. The molecule has 14 heavy (non-hydrogen) atoms. The van der Waals surface area contributed by atoms with E-state index in [0.717, 1.165) is 11.3 Å². The van der Waals surface area contributed by atoms with Crippen LogP contribution in [0.1, 0.15) is 23.5 Å². The SMILES string of the molecule is CC(C)C(=O)c1cc([N+](=O)[O-])c(N)s1. The molecule has 0 spiro atoms. The van der Waals surface area contributed by atoms with E-state index in [4.69, 9.17) is 5.73 Å². The fourth-order valence-corrected chi connectivity index (χ4v) is 1.93. The Morgan fingerprint density at radius 3 is 2.57 bits per heavy atom. The number of hydrogen-bond acceptors (Lipinski definition) is 5. The predicted octanol–water partition coefficient (Wildman–Crippen LogP) is 2.08. The molecule has 0 amide bonds. The van der Waals surface area contributed by atoms with Crippen LogP contribution in [0.15, 0.2) is 6.07 Å². The quantitative estimate of drug-likeness (QED) is 0.474. The van der Waals surface area contributed by atoms with Crippen molar-refractivity contribution in [3.05, 3.63) is 21.1 Å². The Bertz CT molecular complexity index is 384. The first kappa shape index (κ1) is 10.6. The molecule has 0 aliphatic heterocycles. The van der Waals surface area contributed by atoms with Gasteiger partial charge < -0.3 is 5.73 Å². The summed E-state index contributed by atoms with van der Waals surface area (Å²) < 4.78 is 0. The highest BCUT2D eigenvalue weighted by molar-refractivity contribution is 7.18. The normalized spacial score (nSPS) is 10.5. The molecule has 0 aliphatic rings. The van der Waals surface area contributed by atoms with Crippen LogP contribution in [-0.4, -0.2) is 10.7 Å². The standard InChI is InChI=1S/C8H10N2O3S/c1-4(2)7(11)6-3-5(10(12)13)8(9)14-6/h3-4H,9H2,1-2H3. The number of thiophene rings is 1. The van der Waals surface area contributed by atoms with E-state index >= 15 is 0 Å². The van der Waals surface area contributed by atoms with Gasteiger partial charge in [0.25, 0.3) is 0 Å². The summed E-state index contributed by atoms with van der Waals surface area (Å²) >= 11 is 0.966. The third-order valence-corrected chi connectivity index (χ3v) is 2.67. The van der Waals surface area contributed by atoms with Gasteiger partial charge in [-0.05, 0) is 0 Å². The molecule has 0 aromatic carbocycles. The van der Waals surface area contributed by atoms with Crippen LogP contribution in [0.4, 0.5) is 10.7 Å². The minimum Gasteiger partial charge on any atom is -0.385 e. The molecule has 0 radical (unpaired) electrons. The van der Waals surface area contributed by atoms with Crippen molar-refractivity contribution in [3.63, 3.8) is 0 Å². The van der Waals surface area contributed by atoms with Gasteiger partial charge in [0.2, 0.25) is 0 Å². The van der Waals surface area contributed by atoms with Crippen molar-refractivity contribution < 1.29 is 9.72 Å². The first-order valence-corrected chi connectivity index (χ1v) is 4.83. The van der Waals surface area contributed by atoms with E-state index in [1.165, 1.54) is 6.07 Å². The minimum absolute atomic E-state index is 0.0824. The molecule has 0 aliphatic carbocycles. The van der Waals surface area contributed by atoms with Gasteiger partial charge in [-0.15, -0.1) is 11.3 Å². The maximum Gasteiger partial charge on any atom is 0.303 e. The number of carbonyl (C=O) groups excluding carboxylic acids is 1. The smallest absolute Gasteiger partial charge is 0.303 e. The topological polar surface area (TPSA) is 86.2 Å². The number of nitrogens with zero attached hydrogens (tertiary/aromatic N) is 1. The van der Waals surface area contributed by atoms with Gasteiger partial charge in [0.15, 0.2) is 10.8 Å². The van der Waals surface area contributed by atoms with Crippen molar-refractivity contribution in [1.82, 2.24) is 0 Å². The summed E-state index contributed by atoms with van der Waals surface area (Å²) in [6, 6.07) is 1.24. The molecular weight excluding hydrogens is 204 g/mol. The number of nitrogens with two attached hydrogens (primary N) is 1. The lowest BCUT2D eigenvalue weighted by atomic mass is 10.1. The van der Waals surface area contributed by atoms with Crippen LogP contribution in [0.2, 0.25) is 0 Å². The zero-order valence-corrected chi connectivity index (χ0v) is 8.63. The average Bonchev–Trinajstić information content (AvgIpc) is 2.45. The second kappa shape index (κ2) is 3.75. The summed E-state index contributed by atoms with van der Waals surface area (Å²) in [4.78, 5) is 21.7. The number of ketones is 1. The fourth-order valence-electron chi connectivity index (χ4n) is 0.944. The van der Waals surface area contributed by atoms with Crippen LogP contribution in [0.25, 0.3) is 0 Å². The summed E-state index contributed by atoms with van der Waals surface area (Å²) in [5.41, 5.74) is 5.22. The zero-order chi connectivity index (χ0) is 10.9. The highest BCUT2D eigenvalue weighted by Crippen LogP contribution is 2.32. The minimum atomic E-state index is -0.580. The van der Waals surface area contributed by atoms with Gasteiger partial charge in [0.05, 0.1) is 9.80 Å². The van der Waals surface area contributed by atoms with Gasteiger partial charge in [-0.25, -0.2) is 0 Å². The van der Waals surface area contributed by atoms with Crippen LogP contribution in [0.3, 0.4) is 0 Å². The lowest BCUT2D eigenvalue weighted by Gasteiger charge is -1.97. The van der Waals surface area contributed by atoms with E-state index < -0.39 is 4.92 Å². The number of nitrogen functional groups attached to an aromatic ring is 1. The predicted molar refractivity (Wildman–Crippen MR) is 54.6 cm³/mol. The van der Waals surface area contributed by atoms with Crippen LogP contribution in [0.5, 0.6) is 0 Å². The number of anilines is 1. The van der Waals surface area contributed by atoms with Crippen LogP contribution >= 0.6 is 11.3 Å². The number of hydrogen-bond donors (Lipinski definition) is 1. The third-order valence-electron chi connectivity index (χ3n) is 1.70. The van der Waals surface area contributed by atoms with E-state index in [1.807, 2.05) is 0 Å². The first-order chi connectivity index (χ1) is 6.43. The van der Waals surface area contributed by atoms with Gasteiger partial charge in [-0.2, -0.15) is 0 Å². The Labute approximate surface area is 84.7 Å². The van der Waals surface area contributed by atoms with Gasteiger partial charge in [-0.1, -0.05) is 13.8 Å². The average molecular weight is 214 g/mol. The maximum absolute atomic E-state index is 11.5. The summed E-state index contributed by atoms with van der Waals surface area (Å²) in [7, 11) is 0.